The number of aliphatic hydroxyl groups excluding tert-OH is 4. The van der Waals surface area contributed by atoms with E-state index in [1.165, 1.54) is 24.4 Å². The molecule has 66 heavy (non-hydrogen) atoms. The minimum atomic E-state index is -2.58. The van der Waals surface area contributed by atoms with Crippen LogP contribution < -0.4 is 10.8 Å². The van der Waals surface area contributed by atoms with Crippen molar-refractivity contribution in [1.82, 2.24) is 4.90 Å². The molecular formula is C49H56N2O15. The SMILES string of the molecule is CC1CC(=O)C2(O)c3c(c(O)c4c(O)c([C@H]5C[C@@H](O)[C@H](O)[C@@H](C)O5)cc5c(=C6C=Nc7ccccc76)c(=O)oc3c45)C=CC2(O[C@@H]2C[C@@H](N(C)C)[C@@H](O[C@@H]3C[C@@H](O)[C@@H](O)[C@@H](C)O3)[C@@H](C)O2)C1. The van der Waals surface area contributed by atoms with Crippen molar-refractivity contribution < 1.29 is 68.6 Å². The molecule has 4 fully saturated rings. The van der Waals surface area contributed by atoms with Gasteiger partial charge in [-0.15, -0.1) is 0 Å². The number of carbonyl (C=O) groups is 1. The summed E-state index contributed by atoms with van der Waals surface area (Å²) in [6.07, 6.45) is -5.48. The molecule has 1 saturated carbocycles. The van der Waals surface area contributed by atoms with Gasteiger partial charge in [0.2, 0.25) is 0 Å². The highest BCUT2D eigenvalue weighted by molar-refractivity contribution is 6.22. The van der Waals surface area contributed by atoms with Crippen molar-refractivity contribution >= 4 is 51.1 Å². The van der Waals surface area contributed by atoms with E-state index in [4.69, 9.17) is 28.1 Å². The normalized spacial score (nSPS) is 38.5. The Morgan fingerprint density at radius 1 is 0.848 bits per heavy atom. The van der Waals surface area contributed by atoms with Crippen LogP contribution in [0.2, 0.25) is 0 Å². The number of para-hydroxylation sites is 1. The molecule has 4 aliphatic heterocycles. The van der Waals surface area contributed by atoms with Crippen LogP contribution in [0.5, 0.6) is 11.5 Å². The van der Waals surface area contributed by atoms with Gasteiger partial charge < -0.3 is 68.7 Å². The van der Waals surface area contributed by atoms with Crippen LogP contribution in [0.1, 0.15) is 88.2 Å². The van der Waals surface area contributed by atoms with Crippen LogP contribution in [0.15, 0.2) is 50.6 Å². The van der Waals surface area contributed by atoms with E-state index in [-0.39, 0.29) is 87.7 Å². The third-order valence-electron chi connectivity index (χ3n) is 14.8. The molecule has 4 aromatic rings. The number of ether oxygens (including phenoxy) is 5. The zero-order chi connectivity index (χ0) is 46.9. The molecule has 7 N–H and O–H groups in total. The lowest BCUT2D eigenvalue weighted by molar-refractivity contribution is -0.325. The summed E-state index contributed by atoms with van der Waals surface area (Å²) in [5.74, 6) is -1.94. The first-order valence-electron chi connectivity index (χ1n) is 22.7. The van der Waals surface area contributed by atoms with Gasteiger partial charge in [-0.25, -0.2) is 4.79 Å². The summed E-state index contributed by atoms with van der Waals surface area (Å²) < 4.78 is 38.2. The van der Waals surface area contributed by atoms with Crippen molar-refractivity contribution in [3.8, 4) is 11.5 Å². The van der Waals surface area contributed by atoms with Crippen LogP contribution in [0.3, 0.4) is 0 Å². The highest BCUT2D eigenvalue weighted by Crippen LogP contribution is 2.58. The molecule has 5 heterocycles. The zero-order valence-corrected chi connectivity index (χ0v) is 37.5. The zero-order valence-electron chi connectivity index (χ0n) is 37.5. The maximum Gasteiger partial charge on any atom is 0.344 e. The number of rotatable bonds is 6. The number of ketones is 1. The largest absolute Gasteiger partial charge is 0.507 e. The van der Waals surface area contributed by atoms with Crippen LogP contribution in [-0.2, 0) is 34.1 Å². The van der Waals surface area contributed by atoms with Crippen LogP contribution in [0, 0.1) is 5.92 Å². The molecule has 3 unspecified atom stereocenters. The van der Waals surface area contributed by atoms with E-state index >= 15 is 0 Å². The molecule has 0 spiro atoms. The summed E-state index contributed by atoms with van der Waals surface area (Å²) in [7, 11) is 3.74. The van der Waals surface area contributed by atoms with Gasteiger partial charge in [0.05, 0.1) is 52.9 Å². The number of phenols is 2. The number of phenolic OH excluding ortho intramolecular Hbond substituents is 2. The fourth-order valence-corrected chi connectivity index (χ4v) is 11.4. The molecule has 0 amide bonds. The Morgan fingerprint density at radius 3 is 2.26 bits per heavy atom. The molecule has 2 aliphatic carbocycles. The summed E-state index contributed by atoms with van der Waals surface area (Å²) in [6, 6.07) is 8.35. The second-order valence-corrected chi connectivity index (χ2v) is 19.3. The first-order valence-corrected chi connectivity index (χ1v) is 22.7. The van der Waals surface area contributed by atoms with E-state index in [0.717, 1.165) is 0 Å². The molecule has 6 aliphatic rings. The third kappa shape index (κ3) is 6.81. The highest BCUT2D eigenvalue weighted by atomic mass is 16.7. The summed E-state index contributed by atoms with van der Waals surface area (Å²) in [5.41, 5.74) is -4.11. The summed E-state index contributed by atoms with van der Waals surface area (Å²) in [5, 5.41) is 80.5. The Hall–Kier alpha value is -4.63. The van der Waals surface area contributed by atoms with E-state index in [1.807, 2.05) is 32.0 Å². The van der Waals surface area contributed by atoms with Crippen LogP contribution in [-0.4, -0.2) is 140 Å². The lowest BCUT2D eigenvalue weighted by Crippen LogP contribution is -2.65. The van der Waals surface area contributed by atoms with E-state index in [2.05, 4.69) is 4.99 Å². The lowest BCUT2D eigenvalue weighted by Gasteiger charge is -2.54. The smallest absolute Gasteiger partial charge is 0.344 e. The minimum absolute atomic E-state index is 0.0329. The van der Waals surface area contributed by atoms with Crippen molar-refractivity contribution in [1.29, 1.82) is 0 Å². The summed E-state index contributed by atoms with van der Waals surface area (Å²) in [6.45, 7) is 6.91. The van der Waals surface area contributed by atoms with E-state index in [9.17, 15) is 45.3 Å². The molecule has 352 valence electrons. The average Bonchev–Trinajstić information content (AvgIpc) is 3.68. The second kappa shape index (κ2) is 16.3. The number of nitrogens with zero attached hydrogens (tertiary/aromatic N) is 2. The Kier molecular flexibility index (Phi) is 11.1. The molecule has 15 atom stereocenters. The van der Waals surface area contributed by atoms with Gasteiger partial charge in [0.25, 0.3) is 0 Å². The first-order chi connectivity index (χ1) is 31.3. The van der Waals surface area contributed by atoms with Crippen molar-refractivity contribution in [3.63, 3.8) is 0 Å². The van der Waals surface area contributed by atoms with Gasteiger partial charge >= 0.3 is 5.63 Å². The third-order valence-corrected chi connectivity index (χ3v) is 14.8. The number of benzene rings is 3. The summed E-state index contributed by atoms with van der Waals surface area (Å²) >= 11 is 0. The van der Waals surface area contributed by atoms with Crippen LogP contribution in [0.4, 0.5) is 5.69 Å². The van der Waals surface area contributed by atoms with Gasteiger partial charge in [-0.1, -0.05) is 31.2 Å². The number of hydrogen-bond acceptors (Lipinski definition) is 17. The number of fused-ring (bicyclic) bond motifs is 5. The molecule has 17 nitrogen and oxygen atoms in total. The van der Waals surface area contributed by atoms with Gasteiger partial charge in [0.1, 0.15) is 41.0 Å². The fourth-order valence-electron chi connectivity index (χ4n) is 11.4. The molecule has 0 radical (unpaired) electrons. The van der Waals surface area contributed by atoms with Crippen molar-refractivity contribution in [2.75, 3.05) is 14.1 Å². The van der Waals surface area contributed by atoms with Crippen molar-refractivity contribution in [2.24, 2.45) is 10.9 Å². The highest BCUT2D eigenvalue weighted by Gasteiger charge is 2.64. The predicted octanol–water partition coefficient (Wildman–Crippen LogP) is 2.84. The van der Waals surface area contributed by atoms with Gasteiger partial charge in [-0.3, -0.25) is 9.79 Å². The van der Waals surface area contributed by atoms with E-state index in [0.29, 0.717) is 16.8 Å². The number of likely N-dealkylation sites (N-methyl/N-ethyl adjacent to an activating group) is 1. The molecule has 3 aromatic carbocycles. The number of aliphatic imine (C=N–C) groups is 1. The monoisotopic (exact) mass is 912 g/mol. The number of aliphatic hydroxyl groups is 5. The predicted molar refractivity (Wildman–Crippen MR) is 238 cm³/mol. The first kappa shape index (κ1) is 45.2. The van der Waals surface area contributed by atoms with Gasteiger partial charge in [-0.2, -0.15) is 0 Å². The van der Waals surface area contributed by atoms with Crippen LogP contribution >= 0.6 is 0 Å². The van der Waals surface area contributed by atoms with Gasteiger partial charge in [-0.05, 0) is 65.4 Å². The molecule has 1 aromatic heterocycles. The minimum Gasteiger partial charge on any atom is -0.507 e. The number of carbonyl (C=O) groups excluding carboxylic acids is 1. The Bertz CT molecular complexity index is 2780. The van der Waals surface area contributed by atoms with E-state index in [1.54, 1.807) is 39.0 Å². The maximum atomic E-state index is 14.8. The number of Topliss-reactive ketones (excluding diaryl/α,β-unsaturated/α-hetero) is 1. The topological polar surface area (TPSA) is 251 Å². The number of hydrogen-bond donors (Lipinski definition) is 7. The van der Waals surface area contributed by atoms with Crippen molar-refractivity contribution in [2.45, 2.75) is 145 Å². The van der Waals surface area contributed by atoms with Crippen LogP contribution in [0.25, 0.3) is 33.4 Å². The quantitative estimate of drug-likeness (QED) is 0.137. The molecule has 3 saturated heterocycles. The maximum absolute atomic E-state index is 14.8. The number of aromatic hydroxyl groups is 2. The molecule has 17 heteroatoms. The summed E-state index contributed by atoms with van der Waals surface area (Å²) in [4.78, 5) is 36.1. The van der Waals surface area contributed by atoms with Crippen molar-refractivity contribution in [3.05, 3.63) is 74.3 Å². The average molecular weight is 913 g/mol. The molecule has 0 bridgehead atoms. The van der Waals surface area contributed by atoms with Gasteiger partial charge in [0, 0.05) is 76.5 Å². The van der Waals surface area contributed by atoms with Gasteiger partial charge in [0.15, 0.2) is 24.0 Å². The standard InChI is InChI=1S/C49H56N2O15/c1-20-13-34(54)49(60)40-25(11-12-48(49,18-20)66-36-15-30(51(5)6)45(23(4)63-36)64-35-17-32(53)42(56)22(3)62-35)43(57)39-38-27(14-26(44(39)58)33-16-31(52)41(55)21(2)61-33)37(47(59)65-46(38)40)28-19-50-29-10-8-7-9-24(28)29/h7-12,14,19-23,30-33,35-36,41-42,45,52-53,55-58,60H,13,15-18H2,1-6H3/t20?,21-,22-,23-,30-,31-,32-,33-,35-,36-,41-,42+,45+,48?,49?/m1/s1. The Labute approximate surface area is 379 Å². The molecule has 10 rings (SSSR count). The molecular weight excluding hydrogens is 857 g/mol. The second-order valence-electron chi connectivity index (χ2n) is 19.3. The fraction of sp³-hybridized carbons (Fsp3) is 0.531. The van der Waals surface area contributed by atoms with E-state index < -0.39 is 102 Å². The Balaban J connectivity index is 1.14. The Morgan fingerprint density at radius 2 is 1.55 bits per heavy atom. The lowest BCUT2D eigenvalue weighted by atomic mass is 9.60.